The van der Waals surface area contributed by atoms with Crippen molar-refractivity contribution in [2.24, 2.45) is 0 Å². The lowest BCUT2D eigenvalue weighted by molar-refractivity contribution is 1.37. The number of hydrogen-bond acceptors (Lipinski definition) is 1. The van der Waals surface area contributed by atoms with E-state index < -0.39 is 0 Å². The second-order valence-corrected chi connectivity index (χ2v) is 5.53. The molecule has 2 rings (SSSR count). The smallest absolute Gasteiger partial charge is 0.0856 e. The number of benzene rings is 1. The van der Waals surface area contributed by atoms with Crippen LogP contribution >= 0.6 is 54.5 Å². The molecule has 0 N–H and O–H groups in total. The molecular formula is C9H4Br2IN. The number of nitrogens with zero attached hydrogens (tertiary/aromatic N) is 1. The van der Waals surface area contributed by atoms with Crippen molar-refractivity contribution in [1.82, 2.24) is 4.98 Å². The summed E-state index contributed by atoms with van der Waals surface area (Å²) in [6.07, 6.45) is 1.86. The van der Waals surface area contributed by atoms with E-state index in [0.29, 0.717) is 0 Å². The van der Waals surface area contributed by atoms with Crippen LogP contribution in [-0.2, 0) is 0 Å². The topological polar surface area (TPSA) is 12.9 Å². The van der Waals surface area contributed by atoms with Crippen molar-refractivity contribution in [2.45, 2.75) is 0 Å². The van der Waals surface area contributed by atoms with Gasteiger partial charge in [-0.2, -0.15) is 0 Å². The van der Waals surface area contributed by atoms with Crippen LogP contribution in [0.4, 0.5) is 0 Å². The van der Waals surface area contributed by atoms with Gasteiger partial charge in [0, 0.05) is 24.1 Å². The molecule has 0 saturated carbocycles. The SMILES string of the molecule is Brc1ccc(Br)c2ncc(I)cc12. The molecule has 0 saturated heterocycles. The van der Waals surface area contributed by atoms with Crippen LogP contribution in [0, 0.1) is 3.57 Å². The van der Waals surface area contributed by atoms with E-state index in [1.807, 2.05) is 18.3 Å². The molecule has 66 valence electrons. The molecule has 0 aliphatic carbocycles. The van der Waals surface area contributed by atoms with Crippen LogP contribution in [0.1, 0.15) is 0 Å². The second kappa shape index (κ2) is 3.82. The summed E-state index contributed by atoms with van der Waals surface area (Å²) in [6.45, 7) is 0. The zero-order valence-electron chi connectivity index (χ0n) is 6.39. The molecule has 0 aliphatic rings. The van der Waals surface area contributed by atoms with E-state index in [2.05, 4.69) is 65.5 Å². The summed E-state index contributed by atoms with van der Waals surface area (Å²) in [7, 11) is 0. The zero-order valence-corrected chi connectivity index (χ0v) is 11.7. The molecule has 1 aromatic heterocycles. The molecule has 0 atom stereocenters. The van der Waals surface area contributed by atoms with Crippen molar-refractivity contribution in [2.75, 3.05) is 0 Å². The van der Waals surface area contributed by atoms with E-state index in [4.69, 9.17) is 0 Å². The Morgan fingerprint density at radius 2 is 1.85 bits per heavy atom. The Balaban J connectivity index is 2.92. The van der Waals surface area contributed by atoms with Crippen molar-refractivity contribution >= 4 is 65.4 Å². The summed E-state index contributed by atoms with van der Waals surface area (Å²) in [6, 6.07) is 6.12. The molecule has 2 aromatic rings. The molecule has 4 heteroatoms. The highest BCUT2D eigenvalue weighted by atomic mass is 127. The first-order valence-corrected chi connectivity index (χ1v) is 6.24. The standard InChI is InChI=1S/C9H4Br2IN/c10-7-1-2-8(11)9-6(7)3-5(12)4-13-9/h1-4H. The second-order valence-electron chi connectivity index (χ2n) is 2.58. The molecular weight excluding hydrogens is 409 g/mol. The average Bonchev–Trinajstić information content (AvgIpc) is 2.12. The van der Waals surface area contributed by atoms with Gasteiger partial charge >= 0.3 is 0 Å². The van der Waals surface area contributed by atoms with Crippen LogP contribution in [0.2, 0.25) is 0 Å². The van der Waals surface area contributed by atoms with Crippen molar-refractivity contribution < 1.29 is 0 Å². The van der Waals surface area contributed by atoms with Gasteiger partial charge in [0.05, 0.1) is 5.52 Å². The van der Waals surface area contributed by atoms with Crippen LogP contribution in [0.3, 0.4) is 0 Å². The average molecular weight is 413 g/mol. The first-order valence-electron chi connectivity index (χ1n) is 3.58. The van der Waals surface area contributed by atoms with E-state index in [1.54, 1.807) is 0 Å². The minimum Gasteiger partial charge on any atom is -0.254 e. The maximum Gasteiger partial charge on any atom is 0.0856 e. The maximum atomic E-state index is 4.36. The lowest BCUT2D eigenvalue weighted by Crippen LogP contribution is -1.83. The highest BCUT2D eigenvalue weighted by Crippen LogP contribution is 2.29. The Morgan fingerprint density at radius 1 is 1.15 bits per heavy atom. The third-order valence-electron chi connectivity index (χ3n) is 1.71. The molecule has 0 bridgehead atoms. The van der Waals surface area contributed by atoms with Crippen LogP contribution in [0.25, 0.3) is 10.9 Å². The number of hydrogen-bond donors (Lipinski definition) is 0. The van der Waals surface area contributed by atoms with E-state index in [-0.39, 0.29) is 0 Å². The molecule has 0 radical (unpaired) electrons. The predicted molar refractivity (Wildman–Crippen MR) is 69.9 cm³/mol. The Bertz CT molecular complexity index is 470. The summed E-state index contributed by atoms with van der Waals surface area (Å²) in [5, 5.41) is 1.14. The number of fused-ring (bicyclic) bond motifs is 1. The molecule has 0 amide bonds. The first-order chi connectivity index (χ1) is 6.18. The number of halogens is 3. The summed E-state index contributed by atoms with van der Waals surface area (Å²) in [5.74, 6) is 0. The fourth-order valence-electron chi connectivity index (χ4n) is 1.13. The number of aromatic nitrogens is 1. The quantitative estimate of drug-likeness (QED) is 0.586. The minimum absolute atomic E-state index is 0.995. The van der Waals surface area contributed by atoms with Crippen molar-refractivity contribution in [3.8, 4) is 0 Å². The van der Waals surface area contributed by atoms with Crippen LogP contribution in [0.15, 0.2) is 33.3 Å². The normalized spacial score (nSPS) is 10.7. The molecule has 0 unspecified atom stereocenters. The Morgan fingerprint density at radius 3 is 2.62 bits per heavy atom. The Labute approximate surface area is 106 Å². The predicted octanol–water partition coefficient (Wildman–Crippen LogP) is 4.36. The van der Waals surface area contributed by atoms with Gasteiger partial charge in [0.25, 0.3) is 0 Å². The van der Waals surface area contributed by atoms with E-state index in [9.17, 15) is 0 Å². The van der Waals surface area contributed by atoms with Crippen LogP contribution in [0.5, 0.6) is 0 Å². The van der Waals surface area contributed by atoms with Crippen LogP contribution < -0.4 is 0 Å². The van der Waals surface area contributed by atoms with Crippen molar-refractivity contribution in [3.05, 3.63) is 36.9 Å². The molecule has 0 aliphatic heterocycles. The molecule has 1 heterocycles. The van der Waals surface area contributed by atoms with Gasteiger partial charge in [-0.25, -0.2) is 0 Å². The van der Waals surface area contributed by atoms with Crippen molar-refractivity contribution in [3.63, 3.8) is 0 Å². The van der Waals surface area contributed by atoms with Gasteiger partial charge in [-0.3, -0.25) is 4.98 Å². The van der Waals surface area contributed by atoms with Gasteiger partial charge in [0.2, 0.25) is 0 Å². The lowest BCUT2D eigenvalue weighted by atomic mass is 10.2. The highest BCUT2D eigenvalue weighted by Gasteiger charge is 2.03. The van der Waals surface area contributed by atoms with Crippen molar-refractivity contribution in [1.29, 1.82) is 0 Å². The van der Waals surface area contributed by atoms with Gasteiger partial charge < -0.3 is 0 Å². The van der Waals surface area contributed by atoms with Gasteiger partial charge in [0.1, 0.15) is 0 Å². The zero-order chi connectivity index (χ0) is 9.42. The Kier molecular flexibility index (Phi) is 2.90. The van der Waals surface area contributed by atoms with Gasteiger partial charge in [0.15, 0.2) is 0 Å². The van der Waals surface area contributed by atoms with Crippen LogP contribution in [-0.4, -0.2) is 4.98 Å². The monoisotopic (exact) mass is 411 g/mol. The van der Waals surface area contributed by atoms with Gasteiger partial charge in [-0.15, -0.1) is 0 Å². The fourth-order valence-corrected chi connectivity index (χ4v) is 2.46. The maximum absolute atomic E-state index is 4.36. The van der Waals surface area contributed by atoms with E-state index in [1.165, 1.54) is 0 Å². The van der Waals surface area contributed by atoms with E-state index >= 15 is 0 Å². The summed E-state index contributed by atoms with van der Waals surface area (Å²) >= 11 is 9.23. The summed E-state index contributed by atoms with van der Waals surface area (Å²) in [4.78, 5) is 4.36. The third-order valence-corrected chi connectivity index (χ3v) is 3.64. The van der Waals surface area contributed by atoms with Gasteiger partial charge in [-0.1, -0.05) is 15.9 Å². The Hall–Kier alpha value is 0.320. The lowest BCUT2D eigenvalue weighted by Gasteiger charge is -2.02. The largest absolute Gasteiger partial charge is 0.254 e. The molecule has 13 heavy (non-hydrogen) atoms. The first kappa shape index (κ1) is 9.86. The number of pyridine rings is 1. The minimum atomic E-state index is 0.995. The van der Waals surface area contributed by atoms with E-state index in [0.717, 1.165) is 23.4 Å². The molecule has 0 spiro atoms. The fraction of sp³-hybridized carbons (Fsp3) is 0. The molecule has 1 aromatic carbocycles. The molecule has 1 nitrogen and oxygen atoms in total. The summed E-state index contributed by atoms with van der Waals surface area (Å²) < 4.78 is 3.25. The molecule has 0 fully saturated rings. The third kappa shape index (κ3) is 1.89. The number of rotatable bonds is 0. The highest BCUT2D eigenvalue weighted by molar-refractivity contribution is 14.1. The van der Waals surface area contributed by atoms with Gasteiger partial charge in [-0.05, 0) is 56.7 Å². The summed E-state index contributed by atoms with van der Waals surface area (Å²) in [5.41, 5.74) is 0.995.